The molecule has 9 heteroatoms. The zero-order valence-corrected chi connectivity index (χ0v) is 15.9. The van der Waals surface area contributed by atoms with Crippen molar-refractivity contribution in [2.75, 3.05) is 24.9 Å². The summed E-state index contributed by atoms with van der Waals surface area (Å²) in [5.41, 5.74) is 0.599. The normalized spacial score (nSPS) is 10.1. The van der Waals surface area contributed by atoms with Crippen LogP contribution < -0.4 is 20.1 Å². The van der Waals surface area contributed by atoms with Crippen molar-refractivity contribution >= 4 is 34.2 Å². The lowest BCUT2D eigenvalue weighted by Gasteiger charge is -2.16. The molecule has 2 amide bonds. The molecule has 3 rings (SSSR count). The molecule has 0 aliphatic rings. The molecule has 1 heterocycles. The first kappa shape index (κ1) is 19.2. The van der Waals surface area contributed by atoms with Crippen LogP contribution >= 0.6 is 11.3 Å². The maximum Gasteiger partial charge on any atom is 0.341 e. The predicted molar refractivity (Wildman–Crippen MR) is 106 cm³/mol. The van der Waals surface area contributed by atoms with Crippen LogP contribution in [0.1, 0.15) is 10.4 Å². The van der Waals surface area contributed by atoms with E-state index in [2.05, 4.69) is 15.6 Å². The summed E-state index contributed by atoms with van der Waals surface area (Å²) in [5, 5.41) is 7.55. The third kappa shape index (κ3) is 4.38. The Bertz CT molecular complexity index is 975. The lowest BCUT2D eigenvalue weighted by molar-refractivity contribution is 0.0597. The minimum absolute atomic E-state index is 0.187. The van der Waals surface area contributed by atoms with Gasteiger partial charge in [0.2, 0.25) is 0 Å². The van der Waals surface area contributed by atoms with E-state index in [1.54, 1.807) is 54.0 Å². The largest absolute Gasteiger partial charge is 0.493 e. The van der Waals surface area contributed by atoms with Crippen molar-refractivity contribution in [1.82, 2.24) is 4.98 Å². The van der Waals surface area contributed by atoms with Crippen LogP contribution in [-0.2, 0) is 4.74 Å². The number of methoxy groups -OCH3 is 2. The summed E-state index contributed by atoms with van der Waals surface area (Å²) in [7, 11) is 2.75. The smallest absolute Gasteiger partial charge is 0.341 e. The summed E-state index contributed by atoms with van der Waals surface area (Å²) >= 11 is 1.30. The second-order valence-electron chi connectivity index (χ2n) is 5.34. The monoisotopic (exact) mass is 399 g/mol. The van der Waals surface area contributed by atoms with E-state index in [0.717, 1.165) is 0 Å². The van der Waals surface area contributed by atoms with Crippen LogP contribution in [0.2, 0.25) is 0 Å². The van der Waals surface area contributed by atoms with E-state index in [1.165, 1.54) is 25.6 Å². The molecule has 2 N–H and O–H groups in total. The Balaban J connectivity index is 1.88. The minimum Gasteiger partial charge on any atom is -0.493 e. The number of carbonyl (C=O) groups is 2. The lowest BCUT2D eigenvalue weighted by Crippen LogP contribution is -2.19. The molecule has 0 atom stereocenters. The standard InChI is InChI=1S/C19H17N3O5S/c1-25-15-9-5-6-12(17(23)26-2)16(15)27-14-8-4-3-7-13(14)21-18(24)22-19-20-10-11-28-19/h3-11H,1-2H3,(H2,20,21,22,24). The Morgan fingerprint density at radius 2 is 1.79 bits per heavy atom. The average molecular weight is 399 g/mol. The number of urea groups is 1. The first-order valence-electron chi connectivity index (χ1n) is 8.12. The Labute approximate surface area is 165 Å². The van der Waals surface area contributed by atoms with Gasteiger partial charge < -0.3 is 19.5 Å². The number of anilines is 2. The van der Waals surface area contributed by atoms with E-state index in [0.29, 0.717) is 22.3 Å². The van der Waals surface area contributed by atoms with Gasteiger partial charge in [-0.2, -0.15) is 0 Å². The van der Waals surface area contributed by atoms with Gasteiger partial charge in [-0.1, -0.05) is 18.2 Å². The molecule has 0 bridgehead atoms. The van der Waals surface area contributed by atoms with Crippen molar-refractivity contribution in [3.8, 4) is 17.2 Å². The first-order valence-corrected chi connectivity index (χ1v) is 9.00. The van der Waals surface area contributed by atoms with Crippen molar-refractivity contribution in [2.45, 2.75) is 0 Å². The molecule has 0 saturated carbocycles. The fourth-order valence-electron chi connectivity index (χ4n) is 2.36. The highest BCUT2D eigenvalue weighted by atomic mass is 32.1. The van der Waals surface area contributed by atoms with E-state index in [-0.39, 0.29) is 11.3 Å². The van der Waals surface area contributed by atoms with Gasteiger partial charge in [-0.15, -0.1) is 11.3 Å². The molecule has 0 saturated heterocycles. The molecule has 2 aromatic carbocycles. The fraction of sp³-hybridized carbons (Fsp3) is 0.105. The molecule has 0 aliphatic heterocycles. The number of para-hydroxylation sites is 3. The molecule has 1 aromatic heterocycles. The molecule has 0 radical (unpaired) electrons. The molecule has 0 unspecified atom stereocenters. The van der Waals surface area contributed by atoms with Crippen molar-refractivity contribution in [1.29, 1.82) is 0 Å². The summed E-state index contributed by atoms with van der Waals surface area (Å²) in [6.07, 6.45) is 1.59. The highest BCUT2D eigenvalue weighted by molar-refractivity contribution is 7.13. The van der Waals surface area contributed by atoms with Crippen LogP contribution in [0.3, 0.4) is 0 Å². The maximum atomic E-state index is 12.2. The molecule has 0 aliphatic carbocycles. The van der Waals surface area contributed by atoms with Gasteiger partial charge in [0.15, 0.2) is 22.4 Å². The molecule has 28 heavy (non-hydrogen) atoms. The summed E-state index contributed by atoms with van der Waals surface area (Å²) in [4.78, 5) is 28.3. The fourth-order valence-corrected chi connectivity index (χ4v) is 2.88. The van der Waals surface area contributed by atoms with Gasteiger partial charge in [-0.3, -0.25) is 5.32 Å². The molecular weight excluding hydrogens is 382 g/mol. The Hall–Kier alpha value is -3.59. The number of thiazole rings is 1. The van der Waals surface area contributed by atoms with E-state index < -0.39 is 12.0 Å². The molecule has 8 nitrogen and oxygen atoms in total. The van der Waals surface area contributed by atoms with Crippen molar-refractivity contribution in [3.63, 3.8) is 0 Å². The Kier molecular flexibility index (Phi) is 6.07. The van der Waals surface area contributed by atoms with E-state index in [9.17, 15) is 9.59 Å². The third-order valence-corrected chi connectivity index (χ3v) is 4.29. The van der Waals surface area contributed by atoms with Gasteiger partial charge in [0.1, 0.15) is 5.56 Å². The molecule has 0 spiro atoms. The van der Waals surface area contributed by atoms with Gasteiger partial charge >= 0.3 is 12.0 Å². The quantitative estimate of drug-likeness (QED) is 0.597. The summed E-state index contributed by atoms with van der Waals surface area (Å²) in [5.74, 6) is 0.295. The topological polar surface area (TPSA) is 98.8 Å². The Morgan fingerprint density at radius 1 is 1.00 bits per heavy atom. The Morgan fingerprint density at radius 3 is 2.50 bits per heavy atom. The van der Waals surface area contributed by atoms with Gasteiger partial charge in [-0.25, -0.2) is 14.6 Å². The number of aromatic nitrogens is 1. The SMILES string of the molecule is COC(=O)c1cccc(OC)c1Oc1ccccc1NC(=O)Nc1nccs1. The second-order valence-corrected chi connectivity index (χ2v) is 6.24. The highest BCUT2D eigenvalue weighted by Gasteiger charge is 2.20. The van der Waals surface area contributed by atoms with Crippen molar-refractivity contribution in [3.05, 3.63) is 59.6 Å². The van der Waals surface area contributed by atoms with Crippen LogP contribution in [-0.4, -0.2) is 31.2 Å². The predicted octanol–water partition coefficient (Wildman–Crippen LogP) is 4.37. The van der Waals surface area contributed by atoms with E-state index in [4.69, 9.17) is 14.2 Å². The van der Waals surface area contributed by atoms with Crippen LogP contribution in [0, 0.1) is 0 Å². The highest BCUT2D eigenvalue weighted by Crippen LogP contribution is 2.38. The number of nitrogens with zero attached hydrogens (tertiary/aromatic N) is 1. The number of ether oxygens (including phenoxy) is 3. The van der Waals surface area contributed by atoms with Gasteiger partial charge in [-0.05, 0) is 24.3 Å². The molecule has 3 aromatic rings. The maximum absolute atomic E-state index is 12.2. The number of rotatable bonds is 6. The van der Waals surface area contributed by atoms with Crippen molar-refractivity contribution < 1.29 is 23.8 Å². The second kappa shape index (κ2) is 8.87. The van der Waals surface area contributed by atoms with Crippen LogP contribution in [0.4, 0.5) is 15.6 Å². The van der Waals surface area contributed by atoms with Gasteiger partial charge in [0, 0.05) is 11.6 Å². The number of benzene rings is 2. The number of amides is 2. The van der Waals surface area contributed by atoms with Crippen LogP contribution in [0.25, 0.3) is 0 Å². The molecular formula is C19H17N3O5S. The van der Waals surface area contributed by atoms with Crippen LogP contribution in [0.5, 0.6) is 17.2 Å². The van der Waals surface area contributed by atoms with E-state index in [1.807, 2.05) is 0 Å². The number of hydrogen-bond acceptors (Lipinski definition) is 7. The number of nitrogens with one attached hydrogen (secondary N) is 2. The zero-order valence-electron chi connectivity index (χ0n) is 15.1. The average Bonchev–Trinajstić information content (AvgIpc) is 3.21. The van der Waals surface area contributed by atoms with Crippen LogP contribution in [0.15, 0.2) is 54.0 Å². The number of hydrogen-bond donors (Lipinski definition) is 2. The molecule has 144 valence electrons. The van der Waals surface area contributed by atoms with Gasteiger partial charge in [0.25, 0.3) is 0 Å². The summed E-state index contributed by atoms with van der Waals surface area (Å²) in [6, 6.07) is 11.2. The summed E-state index contributed by atoms with van der Waals surface area (Å²) < 4.78 is 16.1. The van der Waals surface area contributed by atoms with Crippen molar-refractivity contribution in [2.24, 2.45) is 0 Å². The van der Waals surface area contributed by atoms with E-state index >= 15 is 0 Å². The van der Waals surface area contributed by atoms with Gasteiger partial charge in [0.05, 0.1) is 19.9 Å². The lowest BCUT2D eigenvalue weighted by atomic mass is 10.2. The number of esters is 1. The summed E-state index contributed by atoms with van der Waals surface area (Å²) in [6.45, 7) is 0. The molecule has 0 fully saturated rings. The zero-order chi connectivity index (χ0) is 19.9. The number of carbonyl (C=O) groups excluding carboxylic acids is 2. The third-order valence-electron chi connectivity index (χ3n) is 3.60. The first-order chi connectivity index (χ1) is 13.6. The minimum atomic E-state index is -0.569.